The van der Waals surface area contributed by atoms with Crippen LogP contribution in [0.3, 0.4) is 0 Å². The molecular weight excluding hydrogens is 374 g/mol. The number of ether oxygens (including phenoxy) is 1. The van der Waals surface area contributed by atoms with Crippen LogP contribution in [0.4, 0.5) is 5.69 Å². The molecule has 3 rings (SSSR count). The van der Waals surface area contributed by atoms with Gasteiger partial charge in [0.2, 0.25) is 11.7 Å². The number of carbonyl (C=O) groups excluding carboxylic acids is 2. The molecule has 0 heterocycles. The molecule has 0 atom stereocenters. The molecule has 0 aromatic heterocycles. The Morgan fingerprint density at radius 2 is 1.89 bits per heavy atom. The molecule has 2 aromatic carbocycles. The van der Waals surface area contributed by atoms with E-state index in [0.29, 0.717) is 11.3 Å². The van der Waals surface area contributed by atoms with Crippen molar-refractivity contribution in [2.75, 3.05) is 6.54 Å². The fraction of sp³-hybridized carbons (Fsp3) is 0.222. The van der Waals surface area contributed by atoms with E-state index >= 15 is 0 Å². The molecule has 140 valence electrons. The van der Waals surface area contributed by atoms with Gasteiger partial charge in [0.05, 0.1) is 11.5 Å². The minimum absolute atomic E-state index is 0.0401. The first kappa shape index (κ1) is 18.7. The van der Waals surface area contributed by atoms with Gasteiger partial charge in [0.15, 0.2) is 0 Å². The van der Waals surface area contributed by atoms with Gasteiger partial charge < -0.3 is 15.4 Å². The Labute approximate surface area is 159 Å². The third kappa shape index (κ3) is 5.18. The highest BCUT2D eigenvalue weighted by Crippen LogP contribution is 2.33. The number of rotatable bonds is 7. The van der Waals surface area contributed by atoms with Crippen LogP contribution in [0.5, 0.6) is 11.5 Å². The largest absolute Gasteiger partial charge is 0.450 e. The van der Waals surface area contributed by atoms with Gasteiger partial charge in [0.1, 0.15) is 5.75 Å². The number of nitro benzene ring substituents is 1. The Hall–Kier alpha value is -3.13. The van der Waals surface area contributed by atoms with Crippen molar-refractivity contribution in [3.63, 3.8) is 0 Å². The number of benzene rings is 2. The summed E-state index contributed by atoms with van der Waals surface area (Å²) >= 11 is 5.77. The van der Waals surface area contributed by atoms with Gasteiger partial charge in [0, 0.05) is 22.7 Å². The van der Waals surface area contributed by atoms with E-state index in [0.717, 1.165) is 12.8 Å². The third-order valence-corrected chi connectivity index (χ3v) is 4.05. The molecule has 27 heavy (non-hydrogen) atoms. The van der Waals surface area contributed by atoms with E-state index in [1.165, 1.54) is 42.5 Å². The lowest BCUT2D eigenvalue weighted by molar-refractivity contribution is -0.385. The highest BCUT2D eigenvalue weighted by Gasteiger charge is 2.23. The quantitative estimate of drug-likeness (QED) is 0.558. The van der Waals surface area contributed by atoms with Crippen molar-refractivity contribution in [2.24, 2.45) is 0 Å². The van der Waals surface area contributed by atoms with Crippen LogP contribution in [0.1, 0.15) is 23.2 Å². The van der Waals surface area contributed by atoms with E-state index in [4.69, 9.17) is 16.3 Å². The van der Waals surface area contributed by atoms with Crippen LogP contribution in [0.2, 0.25) is 5.02 Å². The number of hydrogen-bond acceptors (Lipinski definition) is 5. The van der Waals surface area contributed by atoms with Crippen molar-refractivity contribution in [1.82, 2.24) is 10.6 Å². The van der Waals surface area contributed by atoms with Gasteiger partial charge >= 0.3 is 5.69 Å². The molecule has 0 bridgehead atoms. The summed E-state index contributed by atoms with van der Waals surface area (Å²) in [6.45, 7) is -0.0927. The van der Waals surface area contributed by atoms with Gasteiger partial charge in [-0.1, -0.05) is 11.6 Å². The second-order valence-electron chi connectivity index (χ2n) is 6.02. The van der Waals surface area contributed by atoms with Crippen LogP contribution in [-0.4, -0.2) is 29.3 Å². The Balaban J connectivity index is 1.60. The number of nitro groups is 1. The highest BCUT2D eigenvalue weighted by molar-refractivity contribution is 6.30. The number of carbonyl (C=O) groups is 2. The Morgan fingerprint density at radius 3 is 2.52 bits per heavy atom. The SMILES string of the molecule is O=C(CNC(=O)c1ccc(Oc2ccc(Cl)cc2[N+](=O)[O-])cc1)NC1CC1. The van der Waals surface area contributed by atoms with Gasteiger partial charge in [-0.05, 0) is 49.2 Å². The van der Waals surface area contributed by atoms with Gasteiger partial charge in [-0.25, -0.2) is 0 Å². The summed E-state index contributed by atoms with van der Waals surface area (Å²) in [5.41, 5.74) is 0.0816. The highest BCUT2D eigenvalue weighted by atomic mass is 35.5. The lowest BCUT2D eigenvalue weighted by atomic mass is 10.2. The molecule has 2 N–H and O–H groups in total. The predicted molar refractivity (Wildman–Crippen MR) is 98.1 cm³/mol. The molecule has 8 nitrogen and oxygen atoms in total. The number of amides is 2. The Bertz CT molecular complexity index is 881. The molecule has 0 saturated heterocycles. The van der Waals surface area contributed by atoms with E-state index < -0.39 is 10.8 Å². The second kappa shape index (κ2) is 8.05. The number of halogens is 1. The maximum Gasteiger partial charge on any atom is 0.313 e. The van der Waals surface area contributed by atoms with Crippen LogP contribution in [0.25, 0.3) is 0 Å². The maximum atomic E-state index is 12.1. The number of hydrogen-bond donors (Lipinski definition) is 2. The molecule has 1 aliphatic carbocycles. The lowest BCUT2D eigenvalue weighted by Gasteiger charge is -2.08. The first-order valence-corrected chi connectivity index (χ1v) is 8.59. The summed E-state index contributed by atoms with van der Waals surface area (Å²) in [4.78, 5) is 34.2. The van der Waals surface area contributed by atoms with E-state index in [9.17, 15) is 19.7 Å². The predicted octanol–water partition coefficient (Wildman–Crippen LogP) is 3.05. The maximum absolute atomic E-state index is 12.1. The molecule has 0 radical (unpaired) electrons. The van der Waals surface area contributed by atoms with E-state index in [-0.39, 0.29) is 35.0 Å². The normalized spacial score (nSPS) is 12.9. The fourth-order valence-electron chi connectivity index (χ4n) is 2.29. The minimum atomic E-state index is -0.588. The number of nitrogens with one attached hydrogen (secondary N) is 2. The Morgan fingerprint density at radius 1 is 1.19 bits per heavy atom. The fourth-order valence-corrected chi connectivity index (χ4v) is 2.46. The van der Waals surface area contributed by atoms with Crippen molar-refractivity contribution in [2.45, 2.75) is 18.9 Å². The van der Waals surface area contributed by atoms with Crippen molar-refractivity contribution >= 4 is 29.1 Å². The number of nitrogens with zero attached hydrogens (tertiary/aromatic N) is 1. The first-order valence-electron chi connectivity index (χ1n) is 8.22. The summed E-state index contributed by atoms with van der Waals surface area (Å²) in [6.07, 6.45) is 1.96. The molecule has 1 saturated carbocycles. The monoisotopic (exact) mass is 389 g/mol. The zero-order valence-corrected chi connectivity index (χ0v) is 14.9. The average Bonchev–Trinajstić information content (AvgIpc) is 3.45. The molecule has 9 heteroatoms. The van der Waals surface area contributed by atoms with Crippen molar-refractivity contribution in [1.29, 1.82) is 0 Å². The molecule has 0 aliphatic heterocycles. The third-order valence-electron chi connectivity index (χ3n) is 3.81. The van der Waals surface area contributed by atoms with Crippen LogP contribution in [0, 0.1) is 10.1 Å². The summed E-state index contributed by atoms with van der Waals surface area (Å²) in [7, 11) is 0. The average molecular weight is 390 g/mol. The summed E-state index contributed by atoms with van der Waals surface area (Å²) in [6, 6.07) is 10.4. The standard InChI is InChI=1S/C18H16ClN3O5/c19-12-3-8-16(15(9-12)22(25)26)27-14-6-1-11(2-7-14)18(24)20-10-17(23)21-13-4-5-13/h1-3,6-9,13H,4-5,10H2,(H,20,24)(H,21,23). The van der Waals surface area contributed by atoms with Crippen LogP contribution in [0.15, 0.2) is 42.5 Å². The van der Waals surface area contributed by atoms with Crippen molar-refractivity contribution in [3.8, 4) is 11.5 Å². The molecule has 0 spiro atoms. The smallest absolute Gasteiger partial charge is 0.313 e. The van der Waals surface area contributed by atoms with Crippen molar-refractivity contribution < 1.29 is 19.2 Å². The molecule has 1 fully saturated rings. The van der Waals surface area contributed by atoms with E-state index in [2.05, 4.69) is 10.6 Å². The minimum Gasteiger partial charge on any atom is -0.450 e. The zero-order chi connectivity index (χ0) is 19.4. The van der Waals surface area contributed by atoms with E-state index in [1.807, 2.05) is 0 Å². The molecule has 1 aliphatic rings. The molecular formula is C18H16ClN3O5. The van der Waals surface area contributed by atoms with Gasteiger partial charge in [-0.2, -0.15) is 0 Å². The zero-order valence-electron chi connectivity index (χ0n) is 14.1. The van der Waals surface area contributed by atoms with Crippen molar-refractivity contribution in [3.05, 3.63) is 63.2 Å². The molecule has 0 unspecified atom stereocenters. The summed E-state index contributed by atoms with van der Waals surface area (Å²) < 4.78 is 5.51. The lowest BCUT2D eigenvalue weighted by Crippen LogP contribution is -2.37. The summed E-state index contributed by atoms with van der Waals surface area (Å²) in [5.74, 6) is -0.257. The molecule has 2 amide bonds. The first-order chi connectivity index (χ1) is 12.9. The van der Waals surface area contributed by atoms with E-state index in [1.54, 1.807) is 0 Å². The van der Waals surface area contributed by atoms with Gasteiger partial charge in [0.25, 0.3) is 5.91 Å². The Kier molecular flexibility index (Phi) is 5.56. The molecule has 2 aromatic rings. The summed E-state index contributed by atoms with van der Waals surface area (Å²) in [5, 5.41) is 16.6. The van der Waals surface area contributed by atoms with Gasteiger partial charge in [-0.15, -0.1) is 0 Å². The second-order valence-corrected chi connectivity index (χ2v) is 6.46. The van der Waals surface area contributed by atoms with Crippen LogP contribution < -0.4 is 15.4 Å². The van der Waals surface area contributed by atoms with Gasteiger partial charge in [-0.3, -0.25) is 19.7 Å². The topological polar surface area (TPSA) is 111 Å². The van der Waals surface area contributed by atoms with Crippen LogP contribution in [-0.2, 0) is 4.79 Å². The van der Waals surface area contributed by atoms with Crippen LogP contribution >= 0.6 is 11.6 Å².